The zero-order valence-corrected chi connectivity index (χ0v) is 18.7. The number of carbonyl (C=O) groups is 2. The molecule has 3 rings (SSSR count). The Morgan fingerprint density at radius 3 is 2.21 bits per heavy atom. The lowest BCUT2D eigenvalue weighted by atomic mass is 10.1. The smallest absolute Gasteiger partial charge is 0.435 e. The fourth-order valence-corrected chi connectivity index (χ4v) is 2.99. The molecule has 0 bridgehead atoms. The first-order valence-corrected chi connectivity index (χ1v) is 10.2. The van der Waals surface area contributed by atoms with Gasteiger partial charge in [0.1, 0.15) is 12.4 Å². The largest absolute Gasteiger partial charge is 0.478 e. The first kappa shape index (κ1) is 24.8. The molecule has 10 heteroatoms. The van der Waals surface area contributed by atoms with Gasteiger partial charge in [-0.3, -0.25) is 4.68 Å². The average Bonchev–Trinajstić information content (AvgIpc) is 3.17. The minimum absolute atomic E-state index is 0.0705. The molecule has 1 heterocycles. The molecule has 1 aromatic heterocycles. The predicted octanol–water partition coefficient (Wildman–Crippen LogP) is 4.86. The predicted molar refractivity (Wildman–Crippen MR) is 115 cm³/mol. The van der Waals surface area contributed by atoms with Crippen molar-refractivity contribution in [2.75, 3.05) is 0 Å². The van der Waals surface area contributed by atoms with Gasteiger partial charge in [0, 0.05) is 11.8 Å². The van der Waals surface area contributed by atoms with Gasteiger partial charge < -0.3 is 14.6 Å². The Bertz CT molecular complexity index is 1170. The summed E-state index contributed by atoms with van der Waals surface area (Å²) < 4.78 is 52.0. The van der Waals surface area contributed by atoms with Gasteiger partial charge in [0.15, 0.2) is 11.3 Å². The van der Waals surface area contributed by atoms with Crippen LogP contribution in [0, 0.1) is 6.92 Å². The van der Waals surface area contributed by atoms with Crippen LogP contribution in [0.1, 0.15) is 46.6 Å². The monoisotopic (exact) mass is 476 g/mol. The molecule has 34 heavy (non-hydrogen) atoms. The van der Waals surface area contributed by atoms with E-state index in [-0.39, 0.29) is 23.4 Å². The fourth-order valence-electron chi connectivity index (χ4n) is 2.99. The number of aromatic nitrogens is 2. The van der Waals surface area contributed by atoms with Crippen molar-refractivity contribution < 1.29 is 37.3 Å². The Morgan fingerprint density at radius 1 is 1.03 bits per heavy atom. The van der Waals surface area contributed by atoms with E-state index < -0.39 is 36.0 Å². The summed E-state index contributed by atoms with van der Waals surface area (Å²) in [6.07, 6.45) is -3.50. The second-order valence-electron chi connectivity index (χ2n) is 8.20. The van der Waals surface area contributed by atoms with Crippen molar-refractivity contribution >= 4 is 11.9 Å². The zero-order chi connectivity index (χ0) is 25.1. The Hall–Kier alpha value is -3.82. The normalized spacial score (nSPS) is 11.8. The molecule has 0 aliphatic carbocycles. The Labute approximate surface area is 193 Å². The molecule has 0 amide bonds. The highest BCUT2D eigenvalue weighted by Crippen LogP contribution is 2.31. The van der Waals surface area contributed by atoms with E-state index in [9.17, 15) is 22.8 Å². The molecule has 0 saturated heterocycles. The fraction of sp³-hybridized carbons (Fsp3) is 0.292. The third-order valence-electron chi connectivity index (χ3n) is 4.91. The SMILES string of the molecule is Cc1ccc(Cn2cc(COC(=O)c3ccc(OC(C)(C)C(=O)O)cc3)c(C(F)(F)F)n2)cc1. The molecule has 0 aliphatic rings. The number of carbonyl (C=O) groups excluding carboxylic acids is 1. The minimum atomic E-state index is -4.71. The Kier molecular flexibility index (Phi) is 6.99. The van der Waals surface area contributed by atoms with Gasteiger partial charge >= 0.3 is 18.1 Å². The van der Waals surface area contributed by atoms with Crippen molar-refractivity contribution in [2.45, 2.75) is 45.7 Å². The number of ether oxygens (including phenoxy) is 2. The summed E-state index contributed by atoms with van der Waals surface area (Å²) >= 11 is 0. The van der Waals surface area contributed by atoms with E-state index in [1.54, 1.807) is 12.1 Å². The van der Waals surface area contributed by atoms with Crippen LogP contribution in [0.4, 0.5) is 13.2 Å². The number of carboxylic acids is 1. The molecule has 3 aromatic rings. The number of halogens is 3. The summed E-state index contributed by atoms with van der Waals surface area (Å²) in [7, 11) is 0. The maximum atomic E-state index is 13.5. The van der Waals surface area contributed by atoms with Gasteiger partial charge in [-0.25, -0.2) is 9.59 Å². The van der Waals surface area contributed by atoms with Crippen molar-refractivity contribution in [3.63, 3.8) is 0 Å². The first-order valence-electron chi connectivity index (χ1n) is 10.2. The molecule has 0 spiro atoms. The molecule has 2 aromatic carbocycles. The third kappa shape index (κ3) is 6.15. The van der Waals surface area contributed by atoms with E-state index in [0.717, 1.165) is 15.8 Å². The van der Waals surface area contributed by atoms with Crippen LogP contribution in [-0.4, -0.2) is 32.4 Å². The van der Waals surface area contributed by atoms with Crippen LogP contribution in [0.2, 0.25) is 0 Å². The number of carboxylic acid groups (broad SMARTS) is 1. The van der Waals surface area contributed by atoms with Gasteiger partial charge in [-0.15, -0.1) is 0 Å². The van der Waals surface area contributed by atoms with Crippen LogP contribution >= 0.6 is 0 Å². The van der Waals surface area contributed by atoms with Crippen LogP contribution < -0.4 is 4.74 Å². The van der Waals surface area contributed by atoms with E-state index in [0.29, 0.717) is 0 Å². The van der Waals surface area contributed by atoms with Crippen LogP contribution in [0.15, 0.2) is 54.7 Å². The van der Waals surface area contributed by atoms with Gasteiger partial charge in [0.05, 0.1) is 12.1 Å². The van der Waals surface area contributed by atoms with Gasteiger partial charge in [0.25, 0.3) is 0 Å². The lowest BCUT2D eigenvalue weighted by molar-refractivity contribution is -0.152. The van der Waals surface area contributed by atoms with Crippen molar-refractivity contribution in [3.8, 4) is 5.75 Å². The summed E-state index contributed by atoms with van der Waals surface area (Å²) in [4.78, 5) is 23.5. The Balaban J connectivity index is 1.70. The maximum Gasteiger partial charge on any atom is 0.435 e. The quantitative estimate of drug-likeness (QED) is 0.467. The molecule has 0 saturated carbocycles. The summed E-state index contributed by atoms with van der Waals surface area (Å²) in [6.45, 7) is 4.16. The minimum Gasteiger partial charge on any atom is -0.478 e. The third-order valence-corrected chi connectivity index (χ3v) is 4.91. The van der Waals surface area contributed by atoms with E-state index in [1.165, 1.54) is 44.3 Å². The number of aliphatic carboxylic acids is 1. The lowest BCUT2D eigenvalue weighted by Crippen LogP contribution is -2.37. The van der Waals surface area contributed by atoms with Crippen LogP contribution in [0.5, 0.6) is 5.75 Å². The Morgan fingerprint density at radius 2 is 1.65 bits per heavy atom. The van der Waals surface area contributed by atoms with Gasteiger partial charge in [-0.05, 0) is 50.6 Å². The first-order chi connectivity index (χ1) is 15.8. The highest BCUT2D eigenvalue weighted by molar-refractivity contribution is 5.89. The van der Waals surface area contributed by atoms with Crippen molar-refractivity contribution in [1.82, 2.24) is 9.78 Å². The summed E-state index contributed by atoms with van der Waals surface area (Å²) in [6, 6.07) is 12.7. The van der Waals surface area contributed by atoms with Gasteiger partial charge in [0.2, 0.25) is 0 Å². The molecular weight excluding hydrogens is 453 g/mol. The second-order valence-corrected chi connectivity index (χ2v) is 8.20. The van der Waals surface area contributed by atoms with E-state index >= 15 is 0 Å². The molecule has 0 aliphatic heterocycles. The second kappa shape index (κ2) is 9.58. The van der Waals surface area contributed by atoms with Crippen molar-refractivity contribution in [3.05, 3.63) is 82.7 Å². The van der Waals surface area contributed by atoms with Crippen LogP contribution in [0.25, 0.3) is 0 Å². The summed E-state index contributed by atoms with van der Waals surface area (Å²) in [5.41, 5.74) is -0.990. The van der Waals surface area contributed by atoms with Gasteiger partial charge in [-0.1, -0.05) is 29.8 Å². The molecule has 0 unspecified atom stereocenters. The zero-order valence-electron chi connectivity index (χ0n) is 18.7. The number of aryl methyl sites for hydroxylation is 1. The number of hydrogen-bond donors (Lipinski definition) is 1. The number of nitrogens with zero attached hydrogens (tertiary/aromatic N) is 2. The van der Waals surface area contributed by atoms with Crippen molar-refractivity contribution in [1.29, 1.82) is 0 Å². The van der Waals surface area contributed by atoms with E-state index in [4.69, 9.17) is 14.6 Å². The summed E-state index contributed by atoms with van der Waals surface area (Å²) in [5.74, 6) is -1.80. The topological polar surface area (TPSA) is 90.7 Å². The summed E-state index contributed by atoms with van der Waals surface area (Å²) in [5, 5.41) is 12.8. The van der Waals surface area contributed by atoms with Crippen molar-refractivity contribution in [2.24, 2.45) is 0 Å². The maximum absolute atomic E-state index is 13.5. The lowest BCUT2D eigenvalue weighted by Gasteiger charge is -2.21. The molecule has 180 valence electrons. The highest BCUT2D eigenvalue weighted by Gasteiger charge is 2.37. The molecule has 1 N–H and O–H groups in total. The molecule has 0 fully saturated rings. The number of esters is 1. The number of rotatable bonds is 8. The highest BCUT2D eigenvalue weighted by atomic mass is 19.4. The van der Waals surface area contributed by atoms with Gasteiger partial charge in [-0.2, -0.15) is 18.3 Å². The molecule has 0 radical (unpaired) electrons. The molecular formula is C24H23F3N2O5. The van der Waals surface area contributed by atoms with E-state index in [1.807, 2.05) is 19.1 Å². The number of alkyl halides is 3. The molecule has 0 atom stereocenters. The standard InChI is InChI=1S/C24H23F3N2O5/c1-15-4-6-16(7-5-15)12-29-13-18(20(28-29)24(25,26)27)14-33-21(30)17-8-10-19(11-9-17)34-23(2,3)22(31)32/h4-11,13H,12,14H2,1-3H3,(H,31,32). The molecule has 7 nitrogen and oxygen atoms in total. The number of hydrogen-bond acceptors (Lipinski definition) is 5. The van der Waals surface area contributed by atoms with Crippen LogP contribution in [0.3, 0.4) is 0 Å². The van der Waals surface area contributed by atoms with Crippen LogP contribution in [-0.2, 0) is 28.9 Å². The van der Waals surface area contributed by atoms with E-state index in [2.05, 4.69) is 5.10 Å². The average molecular weight is 476 g/mol. The number of benzene rings is 2.